The summed E-state index contributed by atoms with van der Waals surface area (Å²) in [4.78, 5) is 2.66. The predicted octanol–water partition coefficient (Wildman–Crippen LogP) is 3.14. The Morgan fingerprint density at radius 2 is 1.79 bits per heavy atom. The van der Waals surface area contributed by atoms with Gasteiger partial charge in [-0.25, -0.2) is 0 Å². The second-order valence-electron chi connectivity index (χ2n) is 6.21. The molecule has 1 aromatic rings. The minimum absolute atomic E-state index is 0.660. The van der Waals surface area contributed by atoms with Crippen LogP contribution in [0.15, 0.2) is 24.3 Å². The van der Waals surface area contributed by atoms with Crippen LogP contribution in [0.4, 0.5) is 0 Å². The van der Waals surface area contributed by atoms with Gasteiger partial charge in [-0.1, -0.05) is 24.3 Å². The highest BCUT2D eigenvalue weighted by Gasteiger charge is 2.31. The lowest BCUT2D eigenvalue weighted by Crippen LogP contribution is -2.41. The third kappa shape index (κ3) is 2.56. The van der Waals surface area contributed by atoms with Crippen molar-refractivity contribution in [1.82, 2.24) is 10.2 Å². The van der Waals surface area contributed by atoms with Crippen LogP contribution in [-0.2, 0) is 6.42 Å². The molecule has 2 nitrogen and oxygen atoms in total. The summed E-state index contributed by atoms with van der Waals surface area (Å²) in [6.07, 6.45) is 7.93. The molecule has 0 spiro atoms. The van der Waals surface area contributed by atoms with Crippen molar-refractivity contribution in [2.45, 2.75) is 56.7 Å². The quantitative estimate of drug-likeness (QED) is 0.896. The van der Waals surface area contributed by atoms with Gasteiger partial charge in [-0.3, -0.25) is 4.90 Å². The molecule has 0 aromatic heterocycles. The molecule has 1 atom stereocenters. The van der Waals surface area contributed by atoms with E-state index in [1.165, 1.54) is 38.5 Å². The van der Waals surface area contributed by atoms with Gasteiger partial charge >= 0.3 is 0 Å². The first-order chi connectivity index (χ1) is 9.29. The SMILES string of the molecule is CNC1CCC(N(C)C2CCc3ccccc32)CC1. The fourth-order valence-corrected chi connectivity index (χ4v) is 3.98. The van der Waals surface area contributed by atoms with Gasteiger partial charge < -0.3 is 5.32 Å². The summed E-state index contributed by atoms with van der Waals surface area (Å²) in [6, 6.07) is 11.2. The van der Waals surface area contributed by atoms with Gasteiger partial charge in [0.1, 0.15) is 0 Å². The van der Waals surface area contributed by atoms with Crippen molar-refractivity contribution in [2.24, 2.45) is 0 Å². The van der Waals surface area contributed by atoms with Gasteiger partial charge in [-0.05, 0) is 63.7 Å². The van der Waals surface area contributed by atoms with Crippen molar-refractivity contribution >= 4 is 0 Å². The number of nitrogens with one attached hydrogen (secondary N) is 1. The van der Waals surface area contributed by atoms with Crippen molar-refractivity contribution in [2.75, 3.05) is 14.1 Å². The van der Waals surface area contributed by atoms with Crippen LogP contribution in [0.2, 0.25) is 0 Å². The minimum atomic E-state index is 0.660. The van der Waals surface area contributed by atoms with E-state index in [4.69, 9.17) is 0 Å². The highest BCUT2D eigenvalue weighted by atomic mass is 15.2. The zero-order chi connectivity index (χ0) is 13.2. The van der Waals surface area contributed by atoms with Crippen LogP contribution in [0, 0.1) is 0 Å². The maximum Gasteiger partial charge on any atom is 0.0353 e. The van der Waals surface area contributed by atoms with Crippen LogP contribution >= 0.6 is 0 Å². The van der Waals surface area contributed by atoms with Gasteiger partial charge in [0, 0.05) is 18.1 Å². The first-order valence-corrected chi connectivity index (χ1v) is 7.76. The molecule has 2 aliphatic rings. The molecular weight excluding hydrogens is 232 g/mol. The summed E-state index contributed by atoms with van der Waals surface area (Å²) in [5, 5.41) is 3.43. The molecule has 2 aliphatic carbocycles. The molecule has 2 heteroatoms. The second-order valence-corrected chi connectivity index (χ2v) is 6.21. The van der Waals surface area contributed by atoms with Gasteiger partial charge in [-0.2, -0.15) is 0 Å². The van der Waals surface area contributed by atoms with Crippen LogP contribution < -0.4 is 5.32 Å². The summed E-state index contributed by atoms with van der Waals surface area (Å²) < 4.78 is 0. The number of aryl methyl sites for hydroxylation is 1. The lowest BCUT2D eigenvalue weighted by Gasteiger charge is -2.38. The highest BCUT2D eigenvalue weighted by molar-refractivity contribution is 5.34. The van der Waals surface area contributed by atoms with Crippen LogP contribution in [-0.4, -0.2) is 31.1 Å². The molecule has 1 unspecified atom stereocenters. The maximum atomic E-state index is 3.43. The van der Waals surface area contributed by atoms with E-state index in [-0.39, 0.29) is 0 Å². The number of hydrogen-bond donors (Lipinski definition) is 1. The number of fused-ring (bicyclic) bond motifs is 1. The van der Waals surface area contributed by atoms with Gasteiger partial charge in [0.25, 0.3) is 0 Å². The lowest BCUT2D eigenvalue weighted by atomic mass is 9.89. The normalized spacial score (nSPS) is 30.6. The summed E-state index contributed by atoms with van der Waals surface area (Å²) >= 11 is 0. The Balaban J connectivity index is 1.67. The van der Waals surface area contributed by atoms with Crippen molar-refractivity contribution in [3.05, 3.63) is 35.4 Å². The van der Waals surface area contributed by atoms with Gasteiger partial charge in [0.15, 0.2) is 0 Å². The summed E-state index contributed by atoms with van der Waals surface area (Å²) in [6.45, 7) is 0. The molecule has 0 radical (unpaired) electrons. The van der Waals surface area contributed by atoms with Crippen molar-refractivity contribution in [3.63, 3.8) is 0 Å². The third-order valence-corrected chi connectivity index (χ3v) is 5.27. The molecule has 1 saturated carbocycles. The summed E-state index contributed by atoms with van der Waals surface area (Å²) in [5.74, 6) is 0. The lowest BCUT2D eigenvalue weighted by molar-refractivity contribution is 0.127. The number of hydrogen-bond acceptors (Lipinski definition) is 2. The molecule has 19 heavy (non-hydrogen) atoms. The van der Waals surface area contributed by atoms with Crippen LogP contribution in [0.25, 0.3) is 0 Å². The smallest absolute Gasteiger partial charge is 0.0353 e. The first-order valence-electron chi connectivity index (χ1n) is 7.76. The Bertz CT molecular complexity index is 421. The van der Waals surface area contributed by atoms with Crippen LogP contribution in [0.5, 0.6) is 0 Å². The Hall–Kier alpha value is -0.860. The molecule has 1 N–H and O–H groups in total. The van der Waals surface area contributed by atoms with E-state index in [1.54, 1.807) is 11.1 Å². The Labute approximate surface area is 117 Å². The van der Waals surface area contributed by atoms with Crippen LogP contribution in [0.1, 0.15) is 49.3 Å². The standard InChI is InChI=1S/C17H26N2/c1-18-14-8-10-15(11-9-14)19(2)17-12-7-13-5-3-4-6-16(13)17/h3-6,14-15,17-18H,7-12H2,1-2H3. The molecule has 104 valence electrons. The fraction of sp³-hybridized carbons (Fsp3) is 0.647. The van der Waals surface area contributed by atoms with Crippen molar-refractivity contribution < 1.29 is 0 Å². The third-order valence-electron chi connectivity index (χ3n) is 5.27. The Morgan fingerprint density at radius 3 is 2.53 bits per heavy atom. The predicted molar refractivity (Wildman–Crippen MR) is 80.4 cm³/mol. The summed E-state index contributed by atoms with van der Waals surface area (Å²) in [7, 11) is 4.44. The largest absolute Gasteiger partial charge is 0.317 e. The fourth-order valence-electron chi connectivity index (χ4n) is 3.98. The molecule has 0 saturated heterocycles. The first kappa shape index (κ1) is 13.1. The molecule has 0 amide bonds. The average molecular weight is 258 g/mol. The second kappa shape index (κ2) is 5.64. The zero-order valence-electron chi connectivity index (χ0n) is 12.2. The molecule has 1 fully saturated rings. The average Bonchev–Trinajstić information content (AvgIpc) is 2.90. The highest BCUT2D eigenvalue weighted by Crippen LogP contribution is 2.38. The van der Waals surface area contributed by atoms with Crippen LogP contribution in [0.3, 0.4) is 0 Å². The molecule has 0 heterocycles. The van der Waals surface area contributed by atoms with Gasteiger partial charge in [0.05, 0.1) is 0 Å². The Kier molecular flexibility index (Phi) is 3.90. The van der Waals surface area contributed by atoms with E-state index >= 15 is 0 Å². The molecular formula is C17H26N2. The monoisotopic (exact) mass is 258 g/mol. The van der Waals surface area contributed by atoms with E-state index in [1.807, 2.05) is 0 Å². The van der Waals surface area contributed by atoms with E-state index in [9.17, 15) is 0 Å². The van der Waals surface area contributed by atoms with E-state index in [0.29, 0.717) is 6.04 Å². The molecule has 3 rings (SSSR count). The molecule has 0 aliphatic heterocycles. The van der Waals surface area contributed by atoms with E-state index < -0.39 is 0 Å². The van der Waals surface area contributed by atoms with Crippen molar-refractivity contribution in [1.29, 1.82) is 0 Å². The Morgan fingerprint density at radius 1 is 1.05 bits per heavy atom. The van der Waals surface area contributed by atoms with E-state index in [0.717, 1.165) is 12.1 Å². The minimum Gasteiger partial charge on any atom is -0.317 e. The molecule has 1 aromatic carbocycles. The van der Waals surface area contributed by atoms with Gasteiger partial charge in [-0.15, -0.1) is 0 Å². The maximum absolute atomic E-state index is 3.43. The summed E-state index contributed by atoms with van der Waals surface area (Å²) in [5.41, 5.74) is 3.16. The van der Waals surface area contributed by atoms with Gasteiger partial charge in [0.2, 0.25) is 0 Å². The van der Waals surface area contributed by atoms with Crippen molar-refractivity contribution in [3.8, 4) is 0 Å². The number of benzene rings is 1. The van der Waals surface area contributed by atoms with E-state index in [2.05, 4.69) is 48.6 Å². The number of nitrogens with zero attached hydrogens (tertiary/aromatic N) is 1. The zero-order valence-corrected chi connectivity index (χ0v) is 12.2. The topological polar surface area (TPSA) is 15.3 Å². The number of rotatable bonds is 3. The molecule has 0 bridgehead atoms.